The van der Waals surface area contributed by atoms with Crippen LogP contribution in [0.1, 0.15) is 27.2 Å². The Hall–Kier alpha value is -0.290. The highest BCUT2D eigenvalue weighted by Gasteiger charge is 2.40. The van der Waals surface area contributed by atoms with Crippen molar-refractivity contribution in [1.82, 2.24) is 4.90 Å². The number of nitrogens with zero attached hydrogens (tertiary/aromatic N) is 1. The number of alkyl halides is 3. The van der Waals surface area contributed by atoms with Crippen molar-refractivity contribution in [3.63, 3.8) is 0 Å². The van der Waals surface area contributed by atoms with Crippen molar-refractivity contribution in [3.05, 3.63) is 0 Å². The minimum absolute atomic E-state index is 0.0408. The van der Waals surface area contributed by atoms with Crippen molar-refractivity contribution in [2.45, 2.75) is 38.9 Å². The Morgan fingerprint density at radius 2 is 1.73 bits per heavy atom. The Morgan fingerprint density at radius 3 is 2.00 bits per heavy atom. The van der Waals surface area contributed by atoms with Gasteiger partial charge in [-0.2, -0.15) is 13.2 Å². The van der Waals surface area contributed by atoms with E-state index in [1.165, 1.54) is 0 Å². The molecule has 0 aliphatic heterocycles. The molecule has 5 heteroatoms. The van der Waals surface area contributed by atoms with Gasteiger partial charge in [0.25, 0.3) is 0 Å². The molecule has 92 valence electrons. The molecule has 0 aliphatic rings. The smallest absolute Gasteiger partial charge is 0.330 e. The molecule has 0 saturated carbocycles. The Kier molecular flexibility index (Phi) is 5.06. The first-order valence-corrected chi connectivity index (χ1v) is 5.13. The third kappa shape index (κ3) is 4.38. The second-order valence-electron chi connectivity index (χ2n) is 4.52. The zero-order valence-corrected chi connectivity index (χ0v) is 9.86. The van der Waals surface area contributed by atoms with Crippen LogP contribution in [-0.2, 0) is 0 Å². The van der Waals surface area contributed by atoms with Crippen LogP contribution in [0.5, 0.6) is 0 Å². The molecule has 0 heterocycles. The number of halogens is 3. The summed E-state index contributed by atoms with van der Waals surface area (Å²) in [6, 6.07) is 0. The van der Waals surface area contributed by atoms with E-state index in [1.807, 2.05) is 20.8 Å². The molecule has 2 nitrogen and oxygen atoms in total. The molecular weight excluding hydrogens is 205 g/mol. The van der Waals surface area contributed by atoms with E-state index in [0.717, 1.165) is 6.42 Å². The summed E-state index contributed by atoms with van der Waals surface area (Å²) < 4.78 is 37.4. The summed E-state index contributed by atoms with van der Waals surface area (Å²) in [5.74, 6) is -1.44. The average Bonchev–Trinajstić information content (AvgIpc) is 2.11. The fourth-order valence-electron chi connectivity index (χ4n) is 1.16. The zero-order chi connectivity index (χ0) is 12.3. The fraction of sp³-hybridized carbons (Fsp3) is 1.00. The van der Waals surface area contributed by atoms with Crippen LogP contribution in [0.4, 0.5) is 13.2 Å². The van der Waals surface area contributed by atoms with Crippen molar-refractivity contribution in [2.75, 3.05) is 20.1 Å². The molecule has 0 fully saturated rings. The van der Waals surface area contributed by atoms with Gasteiger partial charge in [-0.05, 0) is 27.3 Å². The molecule has 2 N–H and O–H groups in total. The summed E-state index contributed by atoms with van der Waals surface area (Å²) in [4.78, 5) is 1.72. The lowest BCUT2D eigenvalue weighted by atomic mass is 9.98. The van der Waals surface area contributed by atoms with Crippen LogP contribution in [-0.4, -0.2) is 36.8 Å². The van der Waals surface area contributed by atoms with Crippen LogP contribution < -0.4 is 5.73 Å². The van der Waals surface area contributed by atoms with Gasteiger partial charge < -0.3 is 10.6 Å². The number of hydrogen-bond acceptors (Lipinski definition) is 2. The van der Waals surface area contributed by atoms with Gasteiger partial charge in [-0.3, -0.25) is 0 Å². The fourth-order valence-corrected chi connectivity index (χ4v) is 1.16. The average molecular weight is 226 g/mol. The molecule has 0 aromatic rings. The summed E-state index contributed by atoms with van der Waals surface area (Å²) in [5, 5.41) is 0. The van der Waals surface area contributed by atoms with Gasteiger partial charge in [-0.25, -0.2) is 0 Å². The normalized spacial score (nSPS) is 15.8. The van der Waals surface area contributed by atoms with Crippen LogP contribution in [0.3, 0.4) is 0 Å². The van der Waals surface area contributed by atoms with Crippen molar-refractivity contribution >= 4 is 0 Å². The number of hydrogen-bond donors (Lipinski definition) is 1. The van der Waals surface area contributed by atoms with Gasteiger partial charge in [0.15, 0.2) is 0 Å². The van der Waals surface area contributed by atoms with E-state index in [4.69, 9.17) is 5.73 Å². The highest BCUT2D eigenvalue weighted by molar-refractivity contribution is 4.81. The molecule has 0 aromatic heterocycles. The molecule has 0 radical (unpaired) electrons. The largest absolute Gasteiger partial charge is 0.394 e. The van der Waals surface area contributed by atoms with Crippen molar-refractivity contribution in [1.29, 1.82) is 0 Å². The standard InChI is InChI=1S/C10H21F3N2/c1-5-9(2,3)15(4)7-8(6-14)10(11,12)13/h8H,5-7,14H2,1-4H3. The van der Waals surface area contributed by atoms with Crippen LogP contribution in [0.15, 0.2) is 0 Å². The van der Waals surface area contributed by atoms with Gasteiger partial charge in [-0.15, -0.1) is 0 Å². The molecule has 1 unspecified atom stereocenters. The van der Waals surface area contributed by atoms with E-state index in [2.05, 4.69) is 0 Å². The summed E-state index contributed by atoms with van der Waals surface area (Å²) in [6.07, 6.45) is -3.40. The number of nitrogens with two attached hydrogens (primary N) is 1. The van der Waals surface area contributed by atoms with Crippen LogP contribution in [0, 0.1) is 5.92 Å². The van der Waals surface area contributed by atoms with E-state index >= 15 is 0 Å². The molecule has 0 saturated heterocycles. The van der Waals surface area contributed by atoms with Crippen molar-refractivity contribution in [2.24, 2.45) is 11.7 Å². The van der Waals surface area contributed by atoms with E-state index < -0.39 is 12.1 Å². The van der Waals surface area contributed by atoms with Crippen LogP contribution >= 0.6 is 0 Å². The lowest BCUT2D eigenvalue weighted by molar-refractivity contribution is -0.178. The number of rotatable bonds is 5. The van der Waals surface area contributed by atoms with E-state index in [1.54, 1.807) is 11.9 Å². The first-order valence-electron chi connectivity index (χ1n) is 5.13. The van der Waals surface area contributed by atoms with Crippen LogP contribution in [0.2, 0.25) is 0 Å². The maximum absolute atomic E-state index is 12.5. The van der Waals surface area contributed by atoms with E-state index in [-0.39, 0.29) is 18.6 Å². The lowest BCUT2D eigenvalue weighted by Crippen LogP contribution is -2.47. The van der Waals surface area contributed by atoms with Gasteiger partial charge in [0, 0.05) is 18.6 Å². The minimum Gasteiger partial charge on any atom is -0.330 e. The molecule has 0 spiro atoms. The summed E-state index contributed by atoms with van der Waals surface area (Å²) >= 11 is 0. The maximum Gasteiger partial charge on any atom is 0.394 e. The molecule has 0 aliphatic carbocycles. The van der Waals surface area contributed by atoms with Gasteiger partial charge in [0.2, 0.25) is 0 Å². The minimum atomic E-state index is -4.20. The molecule has 0 rings (SSSR count). The highest BCUT2D eigenvalue weighted by Crippen LogP contribution is 2.28. The second-order valence-corrected chi connectivity index (χ2v) is 4.52. The molecule has 0 bridgehead atoms. The summed E-state index contributed by atoms with van der Waals surface area (Å²) in [5.41, 5.74) is 4.92. The van der Waals surface area contributed by atoms with E-state index in [9.17, 15) is 13.2 Å². The lowest BCUT2D eigenvalue weighted by Gasteiger charge is -2.37. The molecule has 0 amide bonds. The van der Waals surface area contributed by atoms with Crippen molar-refractivity contribution < 1.29 is 13.2 Å². The quantitative estimate of drug-likeness (QED) is 0.779. The Bertz CT molecular complexity index is 190. The predicted octanol–water partition coefficient (Wildman–Crippen LogP) is 2.24. The Labute approximate surface area is 89.6 Å². The van der Waals surface area contributed by atoms with Gasteiger partial charge in [0.1, 0.15) is 0 Å². The first kappa shape index (κ1) is 14.7. The van der Waals surface area contributed by atoms with Gasteiger partial charge in [-0.1, -0.05) is 6.92 Å². The molecular formula is C10H21F3N2. The topological polar surface area (TPSA) is 29.3 Å². The SMILES string of the molecule is CCC(C)(C)N(C)CC(CN)C(F)(F)F. The third-order valence-electron chi connectivity index (χ3n) is 3.14. The molecule has 1 atom stereocenters. The van der Waals surface area contributed by atoms with E-state index in [0.29, 0.717) is 0 Å². The van der Waals surface area contributed by atoms with Crippen LogP contribution in [0.25, 0.3) is 0 Å². The maximum atomic E-state index is 12.5. The second kappa shape index (κ2) is 5.16. The van der Waals surface area contributed by atoms with Crippen molar-refractivity contribution in [3.8, 4) is 0 Å². The zero-order valence-electron chi connectivity index (χ0n) is 9.86. The highest BCUT2D eigenvalue weighted by atomic mass is 19.4. The summed E-state index contributed by atoms with van der Waals surface area (Å²) in [6.45, 7) is 5.42. The third-order valence-corrected chi connectivity index (χ3v) is 3.14. The molecule has 15 heavy (non-hydrogen) atoms. The molecule has 0 aromatic carbocycles. The Balaban J connectivity index is 4.44. The Morgan fingerprint density at radius 1 is 1.27 bits per heavy atom. The first-order chi connectivity index (χ1) is 6.65. The summed E-state index contributed by atoms with van der Waals surface area (Å²) in [7, 11) is 1.71. The predicted molar refractivity (Wildman–Crippen MR) is 55.6 cm³/mol. The monoisotopic (exact) mass is 226 g/mol. The van der Waals surface area contributed by atoms with Gasteiger partial charge in [0.05, 0.1) is 5.92 Å². The van der Waals surface area contributed by atoms with Gasteiger partial charge >= 0.3 is 6.18 Å².